The second kappa shape index (κ2) is 17.4. The van der Waals surface area contributed by atoms with Crippen LogP contribution in [0.3, 0.4) is 0 Å². The molecule has 174 valence electrons. The van der Waals surface area contributed by atoms with Crippen molar-refractivity contribution in [2.24, 2.45) is 5.92 Å². The molecule has 0 unspecified atom stereocenters. The zero-order valence-corrected chi connectivity index (χ0v) is 21.1. The van der Waals surface area contributed by atoms with Gasteiger partial charge < -0.3 is 10.2 Å². The summed E-state index contributed by atoms with van der Waals surface area (Å²) >= 11 is 0. The van der Waals surface area contributed by atoms with Gasteiger partial charge in [-0.2, -0.15) is 0 Å². The Hall–Kier alpha value is -2.15. The van der Waals surface area contributed by atoms with Gasteiger partial charge in [0.2, 0.25) is 0 Å². The zero-order chi connectivity index (χ0) is 23.6. The fourth-order valence-electron chi connectivity index (χ4n) is 3.10. The Kier molecular flexibility index (Phi) is 15.2. The largest absolute Gasteiger partial charge is 0.508 e. The second-order valence-electron chi connectivity index (χ2n) is 7.74. The van der Waals surface area contributed by atoms with Crippen molar-refractivity contribution < 1.29 is 10.2 Å². The minimum absolute atomic E-state index is 0.310. The molecule has 0 saturated carbocycles. The van der Waals surface area contributed by atoms with Gasteiger partial charge in [-0.05, 0) is 41.9 Å². The Morgan fingerprint density at radius 2 is 1.03 bits per heavy atom. The molecule has 0 spiro atoms. The molecular weight excluding hydrogens is 411 g/mol. The van der Waals surface area contributed by atoms with Gasteiger partial charge in [-0.1, -0.05) is 133 Å². The molecule has 0 aliphatic carbocycles. The summed E-state index contributed by atoms with van der Waals surface area (Å²) in [5.74, 6) is 0.852. The summed E-state index contributed by atoms with van der Waals surface area (Å²) in [4.78, 5) is 0. The molecule has 0 aromatic heterocycles. The lowest BCUT2D eigenvalue weighted by atomic mass is 10.1. The van der Waals surface area contributed by atoms with Crippen LogP contribution < -0.4 is 15.9 Å². The normalized spacial score (nSPS) is 10.2. The highest BCUT2D eigenvalue weighted by Crippen LogP contribution is 2.32. The number of benzene rings is 3. The first-order valence-electron chi connectivity index (χ1n) is 11.9. The predicted octanol–water partition coefficient (Wildman–Crippen LogP) is 6.76. The number of phenolic OH excluding ortho intramolecular Hbond substituents is 1. The van der Waals surface area contributed by atoms with E-state index < -0.39 is 7.92 Å². The van der Waals surface area contributed by atoms with E-state index in [0.29, 0.717) is 18.3 Å². The highest BCUT2D eigenvalue weighted by atomic mass is 31.1. The molecule has 3 rings (SSSR count). The molecule has 0 bridgehead atoms. The Balaban J connectivity index is 0.000000355. The van der Waals surface area contributed by atoms with Crippen molar-refractivity contribution in [3.05, 3.63) is 84.9 Å². The van der Waals surface area contributed by atoms with Crippen LogP contribution in [0.25, 0.3) is 0 Å². The first-order valence-corrected chi connectivity index (χ1v) is 13.2. The molecule has 2 nitrogen and oxygen atoms in total. The molecule has 3 heteroatoms. The maximum absolute atomic E-state index is 9.49. The Labute approximate surface area is 197 Å². The summed E-state index contributed by atoms with van der Waals surface area (Å²) in [6.45, 7) is 8.98. The molecule has 0 amide bonds. The van der Waals surface area contributed by atoms with Crippen molar-refractivity contribution in [3.8, 4) is 5.75 Å². The number of aliphatic hydroxyl groups is 1. The van der Waals surface area contributed by atoms with E-state index in [2.05, 4.69) is 76.2 Å². The van der Waals surface area contributed by atoms with Crippen molar-refractivity contribution in [2.45, 2.75) is 59.8 Å². The van der Waals surface area contributed by atoms with Crippen LogP contribution in [0.2, 0.25) is 0 Å². The summed E-state index contributed by atoms with van der Waals surface area (Å²) in [6.07, 6.45) is 6.28. The van der Waals surface area contributed by atoms with E-state index in [9.17, 15) is 5.11 Å². The van der Waals surface area contributed by atoms with Gasteiger partial charge in [-0.3, -0.25) is 0 Å². The molecule has 0 fully saturated rings. The molecule has 2 N–H and O–H groups in total. The number of rotatable bonds is 8. The van der Waals surface area contributed by atoms with Crippen molar-refractivity contribution in [1.82, 2.24) is 0 Å². The lowest BCUT2D eigenvalue weighted by molar-refractivity contribution is 0.219. The van der Waals surface area contributed by atoms with Crippen molar-refractivity contribution >= 4 is 23.8 Å². The summed E-state index contributed by atoms with van der Waals surface area (Å²) in [5, 5.41) is 21.9. The quantitative estimate of drug-likeness (QED) is 0.371. The number of hydrogen-bond donors (Lipinski definition) is 2. The Bertz CT molecular complexity index is 753. The highest BCUT2D eigenvalue weighted by molar-refractivity contribution is 7.79. The van der Waals surface area contributed by atoms with Crippen molar-refractivity contribution in [1.29, 1.82) is 0 Å². The van der Waals surface area contributed by atoms with Gasteiger partial charge in [0.15, 0.2) is 0 Å². The van der Waals surface area contributed by atoms with Crippen LogP contribution in [0.5, 0.6) is 5.75 Å². The van der Waals surface area contributed by atoms with E-state index in [1.807, 2.05) is 24.3 Å². The smallest absolute Gasteiger partial charge is 0.115 e. The molecule has 0 atom stereocenters. The third-order valence-electron chi connectivity index (χ3n) is 5.26. The van der Waals surface area contributed by atoms with Gasteiger partial charge in [0, 0.05) is 6.61 Å². The molecule has 32 heavy (non-hydrogen) atoms. The summed E-state index contributed by atoms with van der Waals surface area (Å²) < 4.78 is 0. The Morgan fingerprint density at radius 3 is 1.31 bits per heavy atom. The van der Waals surface area contributed by atoms with E-state index in [0.717, 1.165) is 12.8 Å². The predicted molar refractivity (Wildman–Crippen MR) is 143 cm³/mol. The maximum atomic E-state index is 9.49. The van der Waals surface area contributed by atoms with Gasteiger partial charge in [-0.15, -0.1) is 0 Å². The lowest BCUT2D eigenvalue weighted by Crippen LogP contribution is -2.20. The monoisotopic (exact) mass is 452 g/mol. The lowest BCUT2D eigenvalue weighted by Gasteiger charge is -2.19. The average molecular weight is 453 g/mol. The minimum Gasteiger partial charge on any atom is -0.508 e. The number of aromatic hydroxyl groups is 1. The molecule has 0 aliphatic rings. The first kappa shape index (κ1) is 27.9. The molecule has 0 saturated heterocycles. The fourth-order valence-corrected chi connectivity index (χ4v) is 5.39. The van der Waals surface area contributed by atoms with Gasteiger partial charge in [0.25, 0.3) is 0 Å². The second-order valence-corrected chi connectivity index (χ2v) is 9.96. The molecule has 0 aliphatic heterocycles. The van der Waals surface area contributed by atoms with E-state index >= 15 is 0 Å². The summed E-state index contributed by atoms with van der Waals surface area (Å²) in [6, 6.07) is 28.6. The molecule has 0 heterocycles. The SMILES string of the molecule is CCC(CC)CO.CCCCC.Oc1ccc(P(c2ccccc2)c2ccccc2)cc1. The summed E-state index contributed by atoms with van der Waals surface area (Å²) in [5.41, 5.74) is 0. The van der Waals surface area contributed by atoms with Crippen LogP contribution in [0, 0.1) is 5.92 Å². The van der Waals surface area contributed by atoms with Crippen LogP contribution in [0.1, 0.15) is 59.8 Å². The topological polar surface area (TPSA) is 40.5 Å². The number of aliphatic hydroxyl groups excluding tert-OH is 1. The van der Waals surface area contributed by atoms with Crippen LogP contribution in [-0.2, 0) is 0 Å². The first-order chi connectivity index (χ1) is 15.6. The Morgan fingerprint density at radius 1 is 0.625 bits per heavy atom. The molecule has 3 aromatic carbocycles. The maximum Gasteiger partial charge on any atom is 0.115 e. The third-order valence-corrected chi connectivity index (χ3v) is 7.70. The van der Waals surface area contributed by atoms with Crippen LogP contribution in [-0.4, -0.2) is 16.8 Å². The molecular formula is C29H41O2P. The van der Waals surface area contributed by atoms with Gasteiger partial charge >= 0.3 is 0 Å². The van der Waals surface area contributed by atoms with E-state index in [4.69, 9.17) is 5.11 Å². The minimum atomic E-state index is -0.569. The average Bonchev–Trinajstić information content (AvgIpc) is 2.84. The van der Waals surface area contributed by atoms with Crippen LogP contribution >= 0.6 is 7.92 Å². The van der Waals surface area contributed by atoms with Gasteiger partial charge in [0.05, 0.1) is 0 Å². The zero-order valence-electron chi connectivity index (χ0n) is 20.2. The molecule has 0 radical (unpaired) electrons. The van der Waals surface area contributed by atoms with Crippen molar-refractivity contribution in [2.75, 3.05) is 6.61 Å². The van der Waals surface area contributed by atoms with Gasteiger partial charge in [-0.25, -0.2) is 0 Å². The van der Waals surface area contributed by atoms with Crippen LogP contribution in [0.15, 0.2) is 84.9 Å². The number of phenols is 1. The van der Waals surface area contributed by atoms with Gasteiger partial charge in [0.1, 0.15) is 5.75 Å². The van der Waals surface area contributed by atoms with E-state index in [1.54, 1.807) is 12.1 Å². The standard InChI is InChI=1S/C18H15OP.C6H14O.C5H12/c19-15-11-13-18(14-12-15)20(16-7-3-1-4-8-16)17-9-5-2-6-10-17;1-3-6(4-2)5-7;1-3-5-4-2/h1-14,19H;6-7H,3-5H2,1-2H3;3-5H2,1-2H3. The number of unbranched alkanes of at least 4 members (excludes halogenated alkanes) is 2. The van der Waals surface area contributed by atoms with E-state index in [1.165, 1.54) is 35.2 Å². The highest BCUT2D eigenvalue weighted by Gasteiger charge is 2.15. The summed E-state index contributed by atoms with van der Waals surface area (Å²) in [7, 11) is -0.569. The molecule has 3 aromatic rings. The van der Waals surface area contributed by atoms with Crippen LogP contribution in [0.4, 0.5) is 0 Å². The fraction of sp³-hybridized carbons (Fsp3) is 0.379. The van der Waals surface area contributed by atoms with Crippen molar-refractivity contribution in [3.63, 3.8) is 0 Å². The third kappa shape index (κ3) is 10.4. The van der Waals surface area contributed by atoms with E-state index in [-0.39, 0.29) is 0 Å². The number of hydrogen-bond acceptors (Lipinski definition) is 2.